The summed E-state index contributed by atoms with van der Waals surface area (Å²) >= 11 is 0. The molecule has 0 spiro atoms. The van der Waals surface area contributed by atoms with Gasteiger partial charge in [-0.2, -0.15) is 0 Å². The van der Waals surface area contributed by atoms with Crippen molar-refractivity contribution in [2.75, 3.05) is 32.0 Å². The van der Waals surface area contributed by atoms with Crippen molar-refractivity contribution in [2.24, 2.45) is 0 Å². The Morgan fingerprint density at radius 1 is 1.05 bits per heavy atom. The number of aryl methyl sites for hydroxylation is 2. The van der Waals surface area contributed by atoms with Gasteiger partial charge in [-0.1, -0.05) is 30.8 Å². The number of fused-ring (bicyclic) bond motifs is 1. The molecule has 38 heavy (non-hydrogen) atoms. The number of ether oxygens (including phenoxy) is 2. The summed E-state index contributed by atoms with van der Waals surface area (Å²) in [6, 6.07) is 21.2. The highest BCUT2D eigenvalue weighted by Crippen LogP contribution is 2.41. The maximum Gasteiger partial charge on any atom is 0.129 e. The van der Waals surface area contributed by atoms with Crippen molar-refractivity contribution in [2.45, 2.75) is 45.1 Å². The molecule has 0 radical (unpaired) electrons. The third kappa shape index (κ3) is 5.78. The maximum absolute atomic E-state index is 12.5. The average molecular weight is 513 g/mol. The minimum atomic E-state index is -0.261. The highest BCUT2D eigenvalue weighted by Gasteiger charge is 2.24. The molecule has 198 valence electrons. The summed E-state index contributed by atoms with van der Waals surface area (Å²) in [6.07, 6.45) is 6.21. The topological polar surface area (TPSA) is 47.7 Å². The molecule has 5 heteroatoms. The second kappa shape index (κ2) is 11.9. The van der Waals surface area contributed by atoms with E-state index < -0.39 is 0 Å². The van der Waals surface area contributed by atoms with Crippen LogP contribution < -0.4 is 15.2 Å². The second-order valence-corrected chi connectivity index (χ2v) is 10.3. The van der Waals surface area contributed by atoms with Crippen molar-refractivity contribution in [1.29, 1.82) is 0 Å². The van der Waals surface area contributed by atoms with Crippen LogP contribution in [0.5, 0.6) is 11.5 Å². The highest BCUT2D eigenvalue weighted by molar-refractivity contribution is 6.00. The van der Waals surface area contributed by atoms with Crippen molar-refractivity contribution < 1.29 is 13.9 Å². The van der Waals surface area contributed by atoms with Crippen LogP contribution in [-0.4, -0.2) is 37.3 Å². The summed E-state index contributed by atoms with van der Waals surface area (Å²) in [5.41, 5.74) is 15.5. The summed E-state index contributed by atoms with van der Waals surface area (Å²) in [7, 11) is 0. The van der Waals surface area contributed by atoms with Crippen molar-refractivity contribution >= 4 is 16.8 Å². The zero-order chi connectivity index (χ0) is 26.5. The second-order valence-electron chi connectivity index (χ2n) is 10.3. The summed E-state index contributed by atoms with van der Waals surface area (Å²) in [4.78, 5) is 2.29. The molecule has 1 saturated heterocycles. The minimum Gasteiger partial charge on any atom is -0.489 e. The zero-order valence-electron chi connectivity index (χ0n) is 22.2. The molecule has 0 amide bonds. The van der Waals surface area contributed by atoms with Gasteiger partial charge in [-0.3, -0.25) is 9.29 Å². The number of likely N-dealkylation sites (tertiary alicyclic amines) is 1. The number of hydrogen-bond donors (Lipinski definition) is 1. The first-order chi connectivity index (χ1) is 18.6. The van der Waals surface area contributed by atoms with Crippen LogP contribution in [0.3, 0.4) is 0 Å². The maximum atomic E-state index is 12.5. The Hall–Kier alpha value is -3.57. The van der Waals surface area contributed by atoms with Crippen LogP contribution in [0.2, 0.25) is 0 Å². The van der Waals surface area contributed by atoms with E-state index in [1.807, 2.05) is 12.1 Å². The average Bonchev–Trinajstić information content (AvgIpc) is 3.28. The smallest absolute Gasteiger partial charge is 0.129 e. The number of rotatable bonds is 9. The van der Waals surface area contributed by atoms with E-state index in [0.29, 0.717) is 6.42 Å². The summed E-state index contributed by atoms with van der Waals surface area (Å²) in [5, 5.41) is 0. The standard InChI is InChI=1S/C33H37FN2O2/c1-3-37-32-15-10-26(20-23(32)2)30-7-4-6-25-21-27(35)11-14-31(25)33(30)24-8-12-28(13-9-24)38-29-16-19-36(22-29)18-5-17-34/h3,8-15,20-21,29H,1,4-7,16-19,22,35H2,2H3. The predicted molar refractivity (Wildman–Crippen MR) is 154 cm³/mol. The first-order valence-electron chi connectivity index (χ1n) is 13.6. The fourth-order valence-electron chi connectivity index (χ4n) is 5.76. The Bertz CT molecular complexity index is 1320. The molecule has 0 saturated carbocycles. The van der Waals surface area contributed by atoms with Gasteiger partial charge in [-0.05, 0) is 114 Å². The Morgan fingerprint density at radius 2 is 1.87 bits per heavy atom. The van der Waals surface area contributed by atoms with Crippen molar-refractivity contribution in [1.82, 2.24) is 4.90 Å². The van der Waals surface area contributed by atoms with Gasteiger partial charge >= 0.3 is 0 Å². The van der Waals surface area contributed by atoms with E-state index in [1.165, 1.54) is 39.7 Å². The van der Waals surface area contributed by atoms with Crippen molar-refractivity contribution in [3.05, 3.63) is 101 Å². The van der Waals surface area contributed by atoms with Crippen LogP contribution in [0.25, 0.3) is 11.1 Å². The largest absolute Gasteiger partial charge is 0.489 e. The molecule has 0 aromatic heterocycles. The number of nitrogens with zero attached hydrogens (tertiary/aromatic N) is 1. The van der Waals surface area contributed by atoms with Gasteiger partial charge in [0.1, 0.15) is 17.6 Å². The molecule has 2 aliphatic rings. The quantitative estimate of drug-likeness (QED) is 0.243. The van der Waals surface area contributed by atoms with Gasteiger partial charge in [-0.15, -0.1) is 0 Å². The fourth-order valence-corrected chi connectivity index (χ4v) is 5.76. The van der Waals surface area contributed by atoms with E-state index in [4.69, 9.17) is 15.2 Å². The molecule has 4 nitrogen and oxygen atoms in total. The fraction of sp³-hybridized carbons (Fsp3) is 0.333. The van der Waals surface area contributed by atoms with E-state index in [0.717, 1.165) is 68.1 Å². The Kier molecular flexibility index (Phi) is 8.14. The molecule has 2 N–H and O–H groups in total. The van der Waals surface area contributed by atoms with Crippen LogP contribution >= 0.6 is 0 Å². The van der Waals surface area contributed by atoms with E-state index in [1.54, 1.807) is 0 Å². The van der Waals surface area contributed by atoms with Gasteiger partial charge in [0.25, 0.3) is 0 Å². The molecule has 5 rings (SSSR count). The van der Waals surface area contributed by atoms with Gasteiger partial charge in [0.05, 0.1) is 12.9 Å². The Labute approximate surface area is 225 Å². The number of hydrogen-bond acceptors (Lipinski definition) is 4. The lowest BCUT2D eigenvalue weighted by Gasteiger charge is -2.19. The number of nitrogen functional groups attached to an aromatic ring is 1. The molecule has 1 unspecified atom stereocenters. The third-order valence-electron chi connectivity index (χ3n) is 7.59. The zero-order valence-corrected chi connectivity index (χ0v) is 22.2. The number of halogens is 1. The lowest BCUT2D eigenvalue weighted by molar-refractivity contribution is 0.198. The lowest BCUT2D eigenvalue weighted by atomic mass is 9.87. The number of alkyl halides is 1. The monoisotopic (exact) mass is 512 g/mol. The number of nitrogens with two attached hydrogens (primary N) is 1. The molecule has 3 aromatic rings. The van der Waals surface area contributed by atoms with Crippen molar-refractivity contribution in [3.8, 4) is 11.5 Å². The van der Waals surface area contributed by atoms with Gasteiger partial charge in [-0.25, -0.2) is 0 Å². The summed E-state index contributed by atoms with van der Waals surface area (Å²) in [6.45, 7) is 8.13. The number of anilines is 1. The van der Waals surface area contributed by atoms with Gasteiger partial charge in [0.15, 0.2) is 0 Å². The van der Waals surface area contributed by atoms with Crippen LogP contribution in [0.1, 0.15) is 53.5 Å². The first-order valence-corrected chi connectivity index (χ1v) is 13.6. The predicted octanol–water partition coefficient (Wildman–Crippen LogP) is 7.21. The molecule has 1 aliphatic carbocycles. The molecule has 0 bridgehead atoms. The Balaban J connectivity index is 1.48. The first kappa shape index (κ1) is 26.1. The van der Waals surface area contributed by atoms with Crippen molar-refractivity contribution in [3.63, 3.8) is 0 Å². The van der Waals surface area contributed by atoms with Crippen LogP contribution in [-0.2, 0) is 6.42 Å². The summed E-state index contributed by atoms with van der Waals surface area (Å²) < 4.78 is 24.4. The molecular weight excluding hydrogens is 475 g/mol. The molecule has 1 atom stereocenters. The molecule has 1 heterocycles. The van der Waals surface area contributed by atoms with Crippen LogP contribution in [0.4, 0.5) is 10.1 Å². The number of allylic oxidation sites excluding steroid dienone is 1. The highest BCUT2D eigenvalue weighted by atomic mass is 19.1. The van der Waals surface area contributed by atoms with E-state index in [-0.39, 0.29) is 12.8 Å². The molecule has 1 fully saturated rings. The minimum absolute atomic E-state index is 0.149. The van der Waals surface area contributed by atoms with Gasteiger partial charge < -0.3 is 15.2 Å². The molecule has 1 aliphatic heterocycles. The molecule has 3 aromatic carbocycles. The lowest BCUT2D eigenvalue weighted by Crippen LogP contribution is -2.26. The van der Waals surface area contributed by atoms with Gasteiger partial charge in [0.2, 0.25) is 0 Å². The van der Waals surface area contributed by atoms with E-state index in [9.17, 15) is 4.39 Å². The van der Waals surface area contributed by atoms with E-state index in [2.05, 4.69) is 66.9 Å². The molecular formula is C33H37FN2O2. The van der Waals surface area contributed by atoms with Gasteiger partial charge in [0, 0.05) is 25.3 Å². The third-order valence-corrected chi connectivity index (χ3v) is 7.59. The SMILES string of the molecule is C=COc1ccc(C2=C(c3ccc(OC4CCN(CCCF)C4)cc3)c3ccc(N)cc3CCC2)cc1C. The Morgan fingerprint density at radius 3 is 2.63 bits per heavy atom. The van der Waals surface area contributed by atoms with Crippen LogP contribution in [0.15, 0.2) is 73.5 Å². The van der Waals surface area contributed by atoms with E-state index >= 15 is 0 Å². The number of benzene rings is 3. The normalized spacial score (nSPS) is 17.7. The van der Waals surface area contributed by atoms with Crippen LogP contribution in [0, 0.1) is 6.92 Å². The summed E-state index contributed by atoms with van der Waals surface area (Å²) in [5.74, 6) is 1.70.